The van der Waals surface area contributed by atoms with Gasteiger partial charge in [0, 0.05) is 17.3 Å². The summed E-state index contributed by atoms with van der Waals surface area (Å²) in [6.45, 7) is 8.66. The van der Waals surface area contributed by atoms with Crippen molar-refractivity contribution in [2.75, 3.05) is 6.54 Å². The quantitative estimate of drug-likeness (QED) is 0.901. The van der Waals surface area contributed by atoms with Crippen LogP contribution in [0.5, 0.6) is 0 Å². The van der Waals surface area contributed by atoms with Crippen LogP contribution in [0.3, 0.4) is 0 Å². The van der Waals surface area contributed by atoms with Crippen LogP contribution in [0.15, 0.2) is 28.2 Å². The highest BCUT2D eigenvalue weighted by atomic mass is 32.1. The largest absolute Gasteiger partial charge is 0.467 e. The number of amides is 1. The Morgan fingerprint density at radius 3 is 3.00 bits per heavy atom. The fraction of sp³-hybridized carbons (Fsp3) is 0.556. The lowest BCUT2D eigenvalue weighted by Crippen LogP contribution is -2.42. The van der Waals surface area contributed by atoms with Gasteiger partial charge < -0.3 is 9.73 Å². The third-order valence-corrected chi connectivity index (χ3v) is 5.56. The summed E-state index contributed by atoms with van der Waals surface area (Å²) in [6, 6.07) is 3.63. The highest BCUT2D eigenvalue weighted by Gasteiger charge is 2.31. The number of carbonyl (C=O) groups is 1. The van der Waals surface area contributed by atoms with Gasteiger partial charge in [-0.3, -0.25) is 9.69 Å². The standard InChI is InChI=1S/C18H25N3O2S/c1-18(2,3)17-20-13(12-24-17)11-21-8-4-7-15(21)16(22)19-10-14-6-5-9-23-14/h5-6,9,12,15H,4,7-8,10-11H2,1-3H3,(H,19,22)/t15-/m0/s1. The Kier molecular flexibility index (Phi) is 5.06. The molecular weight excluding hydrogens is 322 g/mol. The number of hydrogen-bond acceptors (Lipinski definition) is 5. The zero-order valence-electron chi connectivity index (χ0n) is 14.5. The molecule has 3 heterocycles. The molecule has 24 heavy (non-hydrogen) atoms. The van der Waals surface area contributed by atoms with Crippen molar-refractivity contribution in [3.8, 4) is 0 Å². The van der Waals surface area contributed by atoms with Crippen LogP contribution in [0.4, 0.5) is 0 Å². The van der Waals surface area contributed by atoms with Crippen LogP contribution in [0.1, 0.15) is 50.1 Å². The summed E-state index contributed by atoms with van der Waals surface area (Å²) in [7, 11) is 0. The molecule has 2 aromatic heterocycles. The van der Waals surface area contributed by atoms with Gasteiger partial charge in [0.05, 0.1) is 29.6 Å². The second-order valence-electron chi connectivity index (χ2n) is 7.32. The van der Waals surface area contributed by atoms with E-state index in [4.69, 9.17) is 9.40 Å². The van der Waals surface area contributed by atoms with Gasteiger partial charge >= 0.3 is 0 Å². The van der Waals surface area contributed by atoms with E-state index >= 15 is 0 Å². The molecule has 1 atom stereocenters. The van der Waals surface area contributed by atoms with E-state index < -0.39 is 0 Å². The maximum absolute atomic E-state index is 12.5. The summed E-state index contributed by atoms with van der Waals surface area (Å²) in [5.41, 5.74) is 1.14. The molecule has 3 rings (SSSR count). The van der Waals surface area contributed by atoms with Crippen molar-refractivity contribution in [3.63, 3.8) is 0 Å². The van der Waals surface area contributed by atoms with E-state index in [-0.39, 0.29) is 17.4 Å². The Balaban J connectivity index is 1.58. The van der Waals surface area contributed by atoms with E-state index in [1.54, 1.807) is 17.6 Å². The van der Waals surface area contributed by atoms with Gasteiger partial charge in [0.15, 0.2) is 0 Å². The molecule has 2 aromatic rings. The minimum absolute atomic E-state index is 0.0697. The first-order valence-electron chi connectivity index (χ1n) is 8.42. The molecule has 0 bridgehead atoms. The lowest BCUT2D eigenvalue weighted by Gasteiger charge is -2.22. The molecule has 1 fully saturated rings. The van der Waals surface area contributed by atoms with E-state index in [1.165, 1.54) is 0 Å². The van der Waals surface area contributed by atoms with Gasteiger partial charge in [0.2, 0.25) is 5.91 Å². The van der Waals surface area contributed by atoms with Crippen LogP contribution in [-0.2, 0) is 23.3 Å². The Hall–Kier alpha value is -1.66. The molecular formula is C18H25N3O2S. The SMILES string of the molecule is CC(C)(C)c1nc(CN2CCC[C@H]2C(=O)NCc2ccco2)cs1. The zero-order chi connectivity index (χ0) is 17.2. The number of nitrogens with one attached hydrogen (secondary N) is 1. The third kappa shape index (κ3) is 4.05. The van der Waals surface area contributed by atoms with E-state index in [1.807, 2.05) is 12.1 Å². The van der Waals surface area contributed by atoms with Gasteiger partial charge in [0.1, 0.15) is 5.76 Å². The van der Waals surface area contributed by atoms with Crippen LogP contribution < -0.4 is 5.32 Å². The molecule has 0 aromatic carbocycles. The number of rotatable bonds is 5. The molecule has 0 radical (unpaired) electrons. The maximum atomic E-state index is 12.5. The van der Waals surface area contributed by atoms with E-state index in [9.17, 15) is 4.79 Å². The van der Waals surface area contributed by atoms with Crippen molar-refractivity contribution in [1.29, 1.82) is 0 Å². The van der Waals surface area contributed by atoms with Crippen molar-refractivity contribution in [3.05, 3.63) is 40.2 Å². The zero-order valence-corrected chi connectivity index (χ0v) is 15.4. The molecule has 130 valence electrons. The van der Waals surface area contributed by atoms with Gasteiger partial charge in [-0.1, -0.05) is 20.8 Å². The molecule has 1 aliphatic heterocycles. The van der Waals surface area contributed by atoms with Crippen molar-refractivity contribution in [2.24, 2.45) is 0 Å². The molecule has 1 N–H and O–H groups in total. The van der Waals surface area contributed by atoms with Crippen LogP contribution >= 0.6 is 11.3 Å². The minimum Gasteiger partial charge on any atom is -0.467 e. The molecule has 1 saturated heterocycles. The highest BCUT2D eigenvalue weighted by Crippen LogP contribution is 2.27. The number of thiazole rings is 1. The van der Waals surface area contributed by atoms with Crippen LogP contribution in [-0.4, -0.2) is 28.4 Å². The van der Waals surface area contributed by atoms with Gasteiger partial charge in [-0.15, -0.1) is 11.3 Å². The molecule has 1 amide bonds. The number of aromatic nitrogens is 1. The summed E-state index contributed by atoms with van der Waals surface area (Å²) in [5.74, 6) is 0.859. The Labute approximate surface area is 147 Å². The first-order chi connectivity index (χ1) is 11.4. The second-order valence-corrected chi connectivity index (χ2v) is 8.18. The summed E-state index contributed by atoms with van der Waals surface area (Å²) >= 11 is 1.71. The monoisotopic (exact) mass is 347 g/mol. The van der Waals surface area contributed by atoms with Crippen molar-refractivity contribution >= 4 is 17.2 Å². The smallest absolute Gasteiger partial charge is 0.237 e. The summed E-state index contributed by atoms with van der Waals surface area (Å²) in [6.07, 6.45) is 3.58. The Morgan fingerprint density at radius 2 is 2.33 bits per heavy atom. The molecule has 0 aliphatic carbocycles. The highest BCUT2D eigenvalue weighted by molar-refractivity contribution is 7.09. The van der Waals surface area contributed by atoms with Crippen molar-refractivity contribution < 1.29 is 9.21 Å². The number of hydrogen-bond donors (Lipinski definition) is 1. The molecule has 0 unspecified atom stereocenters. The topological polar surface area (TPSA) is 58.4 Å². The number of carbonyl (C=O) groups excluding carboxylic acids is 1. The van der Waals surface area contributed by atoms with Gasteiger partial charge in [-0.05, 0) is 31.5 Å². The lowest BCUT2D eigenvalue weighted by atomic mass is 9.98. The Morgan fingerprint density at radius 1 is 1.50 bits per heavy atom. The summed E-state index contributed by atoms with van der Waals surface area (Å²) in [4.78, 5) is 19.5. The fourth-order valence-corrected chi connectivity index (χ4v) is 3.85. The van der Waals surface area contributed by atoms with E-state index in [2.05, 4.69) is 36.4 Å². The van der Waals surface area contributed by atoms with Crippen molar-refractivity contribution in [2.45, 2.75) is 58.2 Å². The predicted octanol–water partition coefficient (Wildman–Crippen LogP) is 3.31. The van der Waals surface area contributed by atoms with Crippen LogP contribution in [0.2, 0.25) is 0 Å². The minimum atomic E-state index is -0.0697. The Bertz CT molecular complexity index is 673. The molecule has 0 spiro atoms. The summed E-state index contributed by atoms with van der Waals surface area (Å²) in [5, 5.41) is 6.25. The van der Waals surface area contributed by atoms with Crippen molar-refractivity contribution in [1.82, 2.24) is 15.2 Å². The molecule has 5 nitrogen and oxygen atoms in total. The van der Waals surface area contributed by atoms with Gasteiger partial charge in [0.25, 0.3) is 0 Å². The molecule has 1 aliphatic rings. The third-order valence-electron chi connectivity index (χ3n) is 4.24. The lowest BCUT2D eigenvalue weighted by molar-refractivity contribution is -0.125. The van der Waals surface area contributed by atoms with E-state index in [0.29, 0.717) is 6.54 Å². The average molecular weight is 347 g/mol. The number of furan rings is 1. The first kappa shape index (κ1) is 17.2. The second kappa shape index (κ2) is 7.07. The number of nitrogens with zero attached hydrogens (tertiary/aromatic N) is 2. The maximum Gasteiger partial charge on any atom is 0.237 e. The fourth-order valence-electron chi connectivity index (χ4n) is 2.95. The normalized spacial score (nSPS) is 18.9. The van der Waals surface area contributed by atoms with Crippen LogP contribution in [0.25, 0.3) is 0 Å². The van der Waals surface area contributed by atoms with Crippen LogP contribution in [0, 0.1) is 0 Å². The van der Waals surface area contributed by atoms with E-state index in [0.717, 1.165) is 42.4 Å². The molecule has 6 heteroatoms. The first-order valence-corrected chi connectivity index (χ1v) is 9.30. The van der Waals surface area contributed by atoms with Gasteiger partial charge in [-0.25, -0.2) is 4.98 Å². The summed E-state index contributed by atoms with van der Waals surface area (Å²) < 4.78 is 5.27. The number of likely N-dealkylation sites (tertiary alicyclic amines) is 1. The predicted molar refractivity (Wildman–Crippen MR) is 94.8 cm³/mol. The molecule has 0 saturated carbocycles. The van der Waals surface area contributed by atoms with Gasteiger partial charge in [-0.2, -0.15) is 0 Å². The average Bonchev–Trinajstić information content (AvgIpc) is 3.26.